The minimum absolute atomic E-state index is 0.245. The van der Waals surface area contributed by atoms with Crippen LogP contribution in [0.4, 0.5) is 0 Å². The monoisotopic (exact) mass is 268 g/mol. The van der Waals surface area contributed by atoms with E-state index in [2.05, 4.69) is 14.7 Å². The smallest absolute Gasteiger partial charge is 0.305 e. The SMILES string of the molecule is COC(=O)CCc1cnc(C2CCCC2)nc1Cl. The first-order chi connectivity index (χ1) is 8.70. The van der Waals surface area contributed by atoms with Gasteiger partial charge in [-0.1, -0.05) is 24.4 Å². The molecule has 0 saturated heterocycles. The molecule has 1 aliphatic rings. The van der Waals surface area contributed by atoms with Crippen LogP contribution in [0.3, 0.4) is 0 Å². The third-order valence-electron chi connectivity index (χ3n) is 3.38. The molecule has 1 fully saturated rings. The van der Waals surface area contributed by atoms with Gasteiger partial charge in [-0.3, -0.25) is 4.79 Å². The van der Waals surface area contributed by atoms with E-state index in [1.165, 1.54) is 20.0 Å². The standard InChI is InChI=1S/C13H17ClN2O2/c1-18-11(17)7-6-10-8-15-13(16-12(10)14)9-4-2-3-5-9/h8-9H,2-7H2,1H3. The summed E-state index contributed by atoms with van der Waals surface area (Å²) in [7, 11) is 1.38. The summed E-state index contributed by atoms with van der Waals surface area (Å²) in [6.45, 7) is 0. The molecule has 0 unspecified atom stereocenters. The van der Waals surface area contributed by atoms with Crippen molar-refractivity contribution in [2.24, 2.45) is 0 Å². The fraction of sp³-hybridized carbons (Fsp3) is 0.615. The van der Waals surface area contributed by atoms with Crippen molar-refractivity contribution < 1.29 is 9.53 Å². The van der Waals surface area contributed by atoms with Crippen LogP contribution < -0.4 is 0 Å². The molecular weight excluding hydrogens is 252 g/mol. The van der Waals surface area contributed by atoms with Gasteiger partial charge in [0.2, 0.25) is 0 Å². The van der Waals surface area contributed by atoms with Crippen molar-refractivity contribution in [3.05, 3.63) is 22.7 Å². The molecule has 5 heteroatoms. The largest absolute Gasteiger partial charge is 0.469 e. The van der Waals surface area contributed by atoms with Gasteiger partial charge in [-0.05, 0) is 19.3 Å². The van der Waals surface area contributed by atoms with E-state index in [4.69, 9.17) is 11.6 Å². The molecule has 0 aliphatic heterocycles. The zero-order valence-electron chi connectivity index (χ0n) is 10.5. The van der Waals surface area contributed by atoms with Gasteiger partial charge < -0.3 is 4.74 Å². The highest BCUT2D eigenvalue weighted by Crippen LogP contribution is 2.32. The first-order valence-corrected chi connectivity index (χ1v) is 6.66. The Labute approximate surface area is 112 Å². The molecule has 4 nitrogen and oxygen atoms in total. The van der Waals surface area contributed by atoms with E-state index in [1.807, 2.05) is 0 Å². The van der Waals surface area contributed by atoms with Gasteiger partial charge in [-0.2, -0.15) is 0 Å². The van der Waals surface area contributed by atoms with Crippen LogP contribution in [0.25, 0.3) is 0 Å². The van der Waals surface area contributed by atoms with Gasteiger partial charge in [-0.15, -0.1) is 0 Å². The average Bonchev–Trinajstić information content (AvgIpc) is 2.90. The molecule has 0 aromatic carbocycles. The Morgan fingerprint density at radius 3 is 2.83 bits per heavy atom. The first kappa shape index (κ1) is 13.3. The maximum Gasteiger partial charge on any atom is 0.305 e. The van der Waals surface area contributed by atoms with Crippen LogP contribution in [0.1, 0.15) is 49.4 Å². The molecule has 1 aromatic rings. The van der Waals surface area contributed by atoms with E-state index in [0.29, 0.717) is 23.9 Å². The van der Waals surface area contributed by atoms with Crippen LogP contribution in [-0.4, -0.2) is 23.0 Å². The molecule has 0 bridgehead atoms. The normalized spacial score (nSPS) is 15.9. The highest BCUT2D eigenvalue weighted by atomic mass is 35.5. The van der Waals surface area contributed by atoms with Crippen molar-refractivity contribution >= 4 is 17.6 Å². The molecule has 18 heavy (non-hydrogen) atoms. The number of aromatic nitrogens is 2. The third kappa shape index (κ3) is 3.19. The minimum Gasteiger partial charge on any atom is -0.469 e. The molecular formula is C13H17ClN2O2. The van der Waals surface area contributed by atoms with Crippen LogP contribution in [0.5, 0.6) is 0 Å². The predicted molar refractivity (Wildman–Crippen MR) is 68.6 cm³/mol. The molecule has 98 valence electrons. The number of rotatable bonds is 4. The van der Waals surface area contributed by atoms with E-state index in [1.54, 1.807) is 6.20 Å². The predicted octanol–water partition coefficient (Wildman–Crippen LogP) is 2.89. The molecule has 0 N–H and O–H groups in total. The Morgan fingerprint density at radius 1 is 1.50 bits per heavy atom. The highest BCUT2D eigenvalue weighted by molar-refractivity contribution is 6.30. The Bertz CT molecular complexity index is 431. The quantitative estimate of drug-likeness (QED) is 0.622. The lowest BCUT2D eigenvalue weighted by atomic mass is 10.1. The van der Waals surface area contributed by atoms with Crippen LogP contribution in [-0.2, 0) is 16.0 Å². The molecule has 2 rings (SSSR count). The van der Waals surface area contributed by atoms with Crippen molar-refractivity contribution in [3.63, 3.8) is 0 Å². The lowest BCUT2D eigenvalue weighted by Gasteiger charge is -2.09. The summed E-state index contributed by atoms with van der Waals surface area (Å²) in [4.78, 5) is 19.8. The van der Waals surface area contributed by atoms with E-state index < -0.39 is 0 Å². The maximum atomic E-state index is 11.1. The summed E-state index contributed by atoms with van der Waals surface area (Å²) in [5, 5.41) is 0.468. The minimum atomic E-state index is -0.245. The van der Waals surface area contributed by atoms with Gasteiger partial charge in [0, 0.05) is 24.1 Å². The Morgan fingerprint density at radius 2 is 2.22 bits per heavy atom. The maximum absolute atomic E-state index is 11.1. The van der Waals surface area contributed by atoms with Gasteiger partial charge in [0.1, 0.15) is 11.0 Å². The molecule has 1 aliphatic carbocycles. The van der Waals surface area contributed by atoms with Gasteiger partial charge in [0.05, 0.1) is 7.11 Å². The second-order valence-corrected chi connectivity index (χ2v) is 4.96. The molecule has 0 atom stereocenters. The third-order valence-corrected chi connectivity index (χ3v) is 3.70. The summed E-state index contributed by atoms with van der Waals surface area (Å²) in [6.07, 6.45) is 7.37. The molecule has 1 heterocycles. The lowest BCUT2D eigenvalue weighted by Crippen LogP contribution is -2.06. The van der Waals surface area contributed by atoms with Gasteiger partial charge in [-0.25, -0.2) is 9.97 Å². The molecule has 0 spiro atoms. The number of carbonyl (C=O) groups is 1. The molecule has 1 saturated carbocycles. The summed E-state index contributed by atoms with van der Waals surface area (Å²) in [5.74, 6) is 1.06. The topological polar surface area (TPSA) is 52.1 Å². The first-order valence-electron chi connectivity index (χ1n) is 6.29. The summed E-state index contributed by atoms with van der Waals surface area (Å²) < 4.78 is 4.59. The van der Waals surface area contributed by atoms with Crippen molar-refractivity contribution in [2.45, 2.75) is 44.4 Å². The van der Waals surface area contributed by atoms with Gasteiger partial charge >= 0.3 is 5.97 Å². The number of esters is 1. The average molecular weight is 269 g/mol. The van der Waals surface area contributed by atoms with Crippen LogP contribution in [0.15, 0.2) is 6.20 Å². The fourth-order valence-corrected chi connectivity index (χ4v) is 2.52. The molecule has 0 radical (unpaired) electrons. The fourth-order valence-electron chi connectivity index (χ4n) is 2.29. The highest BCUT2D eigenvalue weighted by Gasteiger charge is 2.20. The molecule has 0 amide bonds. The Kier molecular flexibility index (Phi) is 4.53. The number of hydrogen-bond donors (Lipinski definition) is 0. The van der Waals surface area contributed by atoms with E-state index in [-0.39, 0.29) is 5.97 Å². The van der Waals surface area contributed by atoms with Gasteiger partial charge in [0.25, 0.3) is 0 Å². The summed E-state index contributed by atoms with van der Waals surface area (Å²) in [6, 6.07) is 0. The second-order valence-electron chi connectivity index (χ2n) is 4.60. The van der Waals surface area contributed by atoms with Crippen molar-refractivity contribution in [3.8, 4) is 0 Å². The van der Waals surface area contributed by atoms with Gasteiger partial charge in [0.15, 0.2) is 0 Å². The summed E-state index contributed by atoms with van der Waals surface area (Å²) >= 11 is 6.13. The lowest BCUT2D eigenvalue weighted by molar-refractivity contribution is -0.140. The zero-order chi connectivity index (χ0) is 13.0. The number of halogens is 1. The van der Waals surface area contributed by atoms with Crippen LogP contribution in [0.2, 0.25) is 5.15 Å². The van der Waals surface area contributed by atoms with Crippen molar-refractivity contribution in [1.82, 2.24) is 9.97 Å². The Balaban J connectivity index is 2.02. The van der Waals surface area contributed by atoms with E-state index in [0.717, 1.165) is 24.2 Å². The molecule has 1 aromatic heterocycles. The number of carbonyl (C=O) groups excluding carboxylic acids is 1. The zero-order valence-corrected chi connectivity index (χ0v) is 11.2. The number of aryl methyl sites for hydroxylation is 1. The number of nitrogens with zero attached hydrogens (tertiary/aromatic N) is 2. The number of methoxy groups -OCH3 is 1. The van der Waals surface area contributed by atoms with Crippen molar-refractivity contribution in [2.75, 3.05) is 7.11 Å². The Hall–Kier alpha value is -1.16. The second kappa shape index (κ2) is 6.14. The van der Waals surface area contributed by atoms with E-state index in [9.17, 15) is 4.79 Å². The van der Waals surface area contributed by atoms with Crippen LogP contribution >= 0.6 is 11.6 Å². The summed E-state index contributed by atoms with van der Waals surface area (Å²) in [5.41, 5.74) is 0.809. The van der Waals surface area contributed by atoms with E-state index >= 15 is 0 Å². The number of ether oxygens (including phenoxy) is 1. The van der Waals surface area contributed by atoms with Crippen molar-refractivity contribution in [1.29, 1.82) is 0 Å². The number of hydrogen-bond acceptors (Lipinski definition) is 4. The van der Waals surface area contributed by atoms with Crippen LogP contribution in [0, 0.1) is 0 Å².